The molecule has 0 spiro atoms. The van der Waals surface area contributed by atoms with Gasteiger partial charge in [-0.3, -0.25) is 0 Å². The van der Waals surface area contributed by atoms with Crippen LogP contribution in [0.4, 0.5) is 0 Å². The minimum absolute atomic E-state index is 0.754. The first kappa shape index (κ1) is 16.0. The molecule has 1 atom stereocenters. The van der Waals surface area contributed by atoms with Crippen LogP contribution in [0, 0.1) is 26.7 Å². The summed E-state index contributed by atoms with van der Waals surface area (Å²) in [5.41, 5.74) is 5.77. The largest absolute Gasteiger partial charge is 0.319 e. The Morgan fingerprint density at radius 1 is 1.11 bits per heavy atom. The fraction of sp³-hybridized carbons (Fsp3) is 0.556. The molecule has 0 radical (unpaired) electrons. The number of hydrogen-bond acceptors (Lipinski definition) is 1. The SMILES string of the molecule is C=CCCC(CCc1cc(C)c(C)cc1C)CNC. The van der Waals surface area contributed by atoms with Crippen LogP contribution in [0.1, 0.15) is 41.5 Å². The Morgan fingerprint density at radius 3 is 2.42 bits per heavy atom. The summed E-state index contributed by atoms with van der Waals surface area (Å²) in [6, 6.07) is 4.69. The number of hydrogen-bond donors (Lipinski definition) is 1. The molecular weight excluding hydrogens is 230 g/mol. The van der Waals surface area contributed by atoms with Crippen molar-refractivity contribution in [3.63, 3.8) is 0 Å². The second-order valence-electron chi connectivity index (χ2n) is 5.69. The third-order valence-electron chi connectivity index (χ3n) is 4.05. The van der Waals surface area contributed by atoms with E-state index in [2.05, 4.69) is 44.8 Å². The lowest BCUT2D eigenvalue weighted by Gasteiger charge is -2.17. The van der Waals surface area contributed by atoms with Crippen molar-refractivity contribution >= 4 is 0 Å². The van der Waals surface area contributed by atoms with Crippen LogP contribution < -0.4 is 5.32 Å². The van der Waals surface area contributed by atoms with E-state index in [1.54, 1.807) is 0 Å². The molecule has 1 rings (SSSR count). The molecule has 0 aliphatic heterocycles. The molecule has 1 heteroatoms. The van der Waals surface area contributed by atoms with E-state index in [0.29, 0.717) is 0 Å². The molecule has 19 heavy (non-hydrogen) atoms. The molecule has 0 saturated heterocycles. The van der Waals surface area contributed by atoms with Crippen molar-refractivity contribution in [1.82, 2.24) is 5.32 Å². The maximum Gasteiger partial charge on any atom is -0.00233 e. The average molecular weight is 259 g/mol. The highest BCUT2D eigenvalue weighted by Gasteiger charge is 2.09. The molecule has 0 bridgehead atoms. The molecule has 0 heterocycles. The second-order valence-corrected chi connectivity index (χ2v) is 5.69. The Labute approximate surface area is 119 Å². The maximum absolute atomic E-state index is 3.83. The maximum atomic E-state index is 3.83. The average Bonchev–Trinajstić information content (AvgIpc) is 2.38. The Hall–Kier alpha value is -1.08. The van der Waals surface area contributed by atoms with Gasteiger partial charge >= 0.3 is 0 Å². The van der Waals surface area contributed by atoms with Gasteiger partial charge in [0.25, 0.3) is 0 Å². The summed E-state index contributed by atoms with van der Waals surface area (Å²) in [7, 11) is 2.04. The van der Waals surface area contributed by atoms with Gasteiger partial charge in [-0.2, -0.15) is 0 Å². The number of rotatable bonds is 8. The van der Waals surface area contributed by atoms with Crippen molar-refractivity contribution < 1.29 is 0 Å². The summed E-state index contributed by atoms with van der Waals surface area (Å²) < 4.78 is 0. The number of aryl methyl sites for hydroxylation is 4. The molecule has 0 aromatic heterocycles. The van der Waals surface area contributed by atoms with E-state index in [4.69, 9.17) is 0 Å². The van der Waals surface area contributed by atoms with Crippen molar-refractivity contribution in [2.75, 3.05) is 13.6 Å². The van der Waals surface area contributed by atoms with Crippen molar-refractivity contribution in [2.45, 2.75) is 46.5 Å². The molecule has 0 amide bonds. The predicted octanol–water partition coefficient (Wildman–Crippen LogP) is 4.35. The molecule has 0 aliphatic carbocycles. The lowest BCUT2D eigenvalue weighted by Crippen LogP contribution is -2.19. The van der Waals surface area contributed by atoms with Gasteiger partial charge in [0.15, 0.2) is 0 Å². The van der Waals surface area contributed by atoms with Gasteiger partial charge < -0.3 is 5.32 Å². The Kier molecular flexibility index (Phi) is 6.86. The van der Waals surface area contributed by atoms with E-state index < -0.39 is 0 Å². The zero-order valence-corrected chi connectivity index (χ0v) is 13.1. The van der Waals surface area contributed by atoms with Gasteiger partial charge in [0.05, 0.1) is 0 Å². The monoisotopic (exact) mass is 259 g/mol. The topological polar surface area (TPSA) is 12.0 Å². The molecule has 0 aliphatic rings. The minimum atomic E-state index is 0.754. The van der Waals surface area contributed by atoms with Gasteiger partial charge in [0.1, 0.15) is 0 Å². The van der Waals surface area contributed by atoms with Gasteiger partial charge in [-0.05, 0) is 88.2 Å². The van der Waals surface area contributed by atoms with Crippen LogP contribution in [0.2, 0.25) is 0 Å². The zero-order valence-electron chi connectivity index (χ0n) is 13.1. The third-order valence-corrected chi connectivity index (χ3v) is 4.05. The Balaban J connectivity index is 2.62. The summed E-state index contributed by atoms with van der Waals surface area (Å²) in [5, 5.41) is 3.31. The predicted molar refractivity (Wildman–Crippen MR) is 85.8 cm³/mol. The molecule has 1 unspecified atom stereocenters. The van der Waals surface area contributed by atoms with Crippen LogP contribution in [0.25, 0.3) is 0 Å². The Bertz CT molecular complexity index is 406. The van der Waals surface area contributed by atoms with Gasteiger partial charge in [-0.1, -0.05) is 18.2 Å². The first-order valence-electron chi connectivity index (χ1n) is 7.40. The van der Waals surface area contributed by atoms with Gasteiger partial charge in [0, 0.05) is 0 Å². The first-order chi connectivity index (χ1) is 9.08. The molecule has 106 valence electrons. The zero-order chi connectivity index (χ0) is 14.3. The van der Waals surface area contributed by atoms with Crippen molar-refractivity contribution in [3.8, 4) is 0 Å². The van der Waals surface area contributed by atoms with Crippen LogP contribution >= 0.6 is 0 Å². The summed E-state index contributed by atoms with van der Waals surface area (Å²) in [5.74, 6) is 0.754. The van der Waals surface area contributed by atoms with Crippen molar-refractivity contribution in [3.05, 3.63) is 47.0 Å². The van der Waals surface area contributed by atoms with Crippen molar-refractivity contribution in [1.29, 1.82) is 0 Å². The molecule has 1 aromatic rings. The lowest BCUT2D eigenvalue weighted by atomic mass is 9.91. The van der Waals surface area contributed by atoms with Crippen LogP contribution in [0.3, 0.4) is 0 Å². The van der Waals surface area contributed by atoms with E-state index in [-0.39, 0.29) is 0 Å². The number of benzene rings is 1. The highest BCUT2D eigenvalue weighted by molar-refractivity contribution is 5.36. The highest BCUT2D eigenvalue weighted by Crippen LogP contribution is 2.20. The summed E-state index contributed by atoms with van der Waals surface area (Å²) in [6.07, 6.45) is 6.85. The lowest BCUT2D eigenvalue weighted by molar-refractivity contribution is 0.436. The fourth-order valence-corrected chi connectivity index (χ4v) is 2.64. The first-order valence-corrected chi connectivity index (χ1v) is 7.40. The molecule has 1 aromatic carbocycles. The molecule has 0 fully saturated rings. The molecule has 1 N–H and O–H groups in total. The Morgan fingerprint density at radius 2 is 1.79 bits per heavy atom. The van der Waals surface area contributed by atoms with E-state index in [1.165, 1.54) is 41.5 Å². The van der Waals surface area contributed by atoms with Crippen molar-refractivity contribution in [2.24, 2.45) is 5.92 Å². The summed E-state index contributed by atoms with van der Waals surface area (Å²) in [4.78, 5) is 0. The van der Waals surface area contributed by atoms with Gasteiger partial charge in [-0.15, -0.1) is 6.58 Å². The minimum Gasteiger partial charge on any atom is -0.319 e. The third kappa shape index (κ3) is 5.20. The summed E-state index contributed by atoms with van der Waals surface area (Å²) in [6.45, 7) is 11.6. The molecular formula is C18H29N. The number of nitrogens with one attached hydrogen (secondary N) is 1. The van der Waals surface area contributed by atoms with Gasteiger partial charge in [0.2, 0.25) is 0 Å². The second kappa shape index (κ2) is 8.16. The van der Waals surface area contributed by atoms with Crippen LogP contribution in [-0.2, 0) is 6.42 Å². The standard InChI is InChI=1S/C18H29N/c1-6-7-8-17(13-19-5)9-10-18-12-15(3)14(2)11-16(18)4/h6,11-12,17,19H,1,7-10,13H2,2-5H3. The highest BCUT2D eigenvalue weighted by atomic mass is 14.8. The van der Waals surface area contributed by atoms with Crippen LogP contribution in [0.15, 0.2) is 24.8 Å². The van der Waals surface area contributed by atoms with E-state index >= 15 is 0 Å². The van der Waals surface area contributed by atoms with Gasteiger partial charge in [-0.25, -0.2) is 0 Å². The van der Waals surface area contributed by atoms with Crippen LogP contribution in [0.5, 0.6) is 0 Å². The molecule has 1 nitrogen and oxygen atoms in total. The van der Waals surface area contributed by atoms with E-state index in [9.17, 15) is 0 Å². The normalized spacial score (nSPS) is 12.4. The summed E-state index contributed by atoms with van der Waals surface area (Å²) >= 11 is 0. The van der Waals surface area contributed by atoms with E-state index in [0.717, 1.165) is 18.9 Å². The van der Waals surface area contributed by atoms with Crippen LogP contribution in [-0.4, -0.2) is 13.6 Å². The fourth-order valence-electron chi connectivity index (χ4n) is 2.64. The van der Waals surface area contributed by atoms with E-state index in [1.807, 2.05) is 13.1 Å². The smallest absolute Gasteiger partial charge is 0.00233 e. The number of allylic oxidation sites excluding steroid dienone is 1. The molecule has 0 saturated carbocycles. The quantitative estimate of drug-likeness (QED) is 0.685.